The standard InChI is InChI=1S/C28H32FN7O3/c1-19-18-30-27(31-23-7-8-25(24(29)17-23)34-13-15-39-16-14-34)33-26(19)35-9-11-36(12-10-35)28(38)32-22-5-3-21(4-6-22)20(2)37/h3-8,17-18H,9-16H2,1-2H3,(H,32,38)(H,30,31,33). The number of rotatable bonds is 6. The van der Waals surface area contributed by atoms with Gasteiger partial charge in [-0.15, -0.1) is 0 Å². The van der Waals surface area contributed by atoms with Gasteiger partial charge in [-0.3, -0.25) is 4.79 Å². The molecule has 2 aliphatic heterocycles. The van der Waals surface area contributed by atoms with Crippen molar-refractivity contribution in [3.05, 3.63) is 65.6 Å². The lowest BCUT2D eigenvalue weighted by Gasteiger charge is -2.36. The van der Waals surface area contributed by atoms with Crippen LogP contribution in [0.2, 0.25) is 0 Å². The van der Waals surface area contributed by atoms with Gasteiger partial charge in [-0.05, 0) is 56.3 Å². The number of ketones is 1. The van der Waals surface area contributed by atoms with E-state index < -0.39 is 0 Å². The van der Waals surface area contributed by atoms with Crippen LogP contribution in [0.4, 0.5) is 38.0 Å². The van der Waals surface area contributed by atoms with Crippen molar-refractivity contribution in [2.24, 2.45) is 0 Å². The van der Waals surface area contributed by atoms with E-state index in [1.54, 1.807) is 41.4 Å². The molecule has 1 aromatic heterocycles. The molecule has 0 unspecified atom stereocenters. The van der Waals surface area contributed by atoms with Crippen molar-refractivity contribution >= 4 is 40.6 Å². The van der Waals surface area contributed by atoms with Gasteiger partial charge >= 0.3 is 6.03 Å². The van der Waals surface area contributed by atoms with Gasteiger partial charge in [0.2, 0.25) is 5.95 Å². The van der Waals surface area contributed by atoms with E-state index in [0.717, 1.165) is 11.4 Å². The maximum atomic E-state index is 14.8. The Morgan fingerprint density at radius 1 is 0.923 bits per heavy atom. The zero-order valence-corrected chi connectivity index (χ0v) is 22.1. The molecule has 2 saturated heterocycles. The van der Waals surface area contributed by atoms with Gasteiger partial charge in [0.25, 0.3) is 0 Å². The van der Waals surface area contributed by atoms with Crippen molar-refractivity contribution < 1.29 is 18.7 Å². The van der Waals surface area contributed by atoms with Crippen LogP contribution in [-0.2, 0) is 4.74 Å². The topological polar surface area (TPSA) is 103 Å². The molecule has 0 atom stereocenters. The summed E-state index contributed by atoms with van der Waals surface area (Å²) in [6, 6.07) is 11.7. The summed E-state index contributed by atoms with van der Waals surface area (Å²) < 4.78 is 20.2. The molecule has 11 heteroatoms. The summed E-state index contributed by atoms with van der Waals surface area (Å²) in [4.78, 5) is 39.2. The molecule has 0 radical (unpaired) electrons. The van der Waals surface area contributed by atoms with Crippen LogP contribution in [-0.4, -0.2) is 79.2 Å². The molecular weight excluding hydrogens is 501 g/mol. The summed E-state index contributed by atoms with van der Waals surface area (Å²) in [5, 5.41) is 6.01. The molecular formula is C28H32FN7O3. The molecule has 204 valence electrons. The molecule has 0 bridgehead atoms. The van der Waals surface area contributed by atoms with Gasteiger partial charge in [0.15, 0.2) is 5.78 Å². The average Bonchev–Trinajstić information content (AvgIpc) is 2.95. The number of hydrogen-bond donors (Lipinski definition) is 2. The predicted octanol–water partition coefficient (Wildman–Crippen LogP) is 4.06. The summed E-state index contributed by atoms with van der Waals surface area (Å²) in [6.45, 7) is 8.23. The first-order valence-corrected chi connectivity index (χ1v) is 13.0. The van der Waals surface area contributed by atoms with Crippen LogP contribution in [0.5, 0.6) is 0 Å². The van der Waals surface area contributed by atoms with Crippen molar-refractivity contribution in [2.75, 3.05) is 72.9 Å². The fraction of sp³-hybridized carbons (Fsp3) is 0.357. The molecule has 2 aromatic carbocycles. The van der Waals surface area contributed by atoms with E-state index in [1.807, 2.05) is 17.9 Å². The summed E-state index contributed by atoms with van der Waals surface area (Å²) in [6.07, 6.45) is 1.74. The van der Waals surface area contributed by atoms with Crippen LogP contribution in [0, 0.1) is 12.7 Å². The summed E-state index contributed by atoms with van der Waals surface area (Å²) in [7, 11) is 0. The number of amides is 2. The summed E-state index contributed by atoms with van der Waals surface area (Å²) in [5.41, 5.74) is 3.29. The minimum Gasteiger partial charge on any atom is -0.378 e. The molecule has 10 nitrogen and oxygen atoms in total. The highest BCUT2D eigenvalue weighted by atomic mass is 19.1. The lowest BCUT2D eigenvalue weighted by atomic mass is 10.1. The largest absolute Gasteiger partial charge is 0.378 e. The van der Waals surface area contributed by atoms with E-state index in [4.69, 9.17) is 9.72 Å². The number of piperazine rings is 1. The SMILES string of the molecule is CC(=O)c1ccc(NC(=O)N2CCN(c3nc(Nc4ccc(N5CCOCC5)c(F)c4)ncc3C)CC2)cc1. The second-order valence-corrected chi connectivity index (χ2v) is 9.63. The van der Waals surface area contributed by atoms with Gasteiger partial charge in [0.05, 0.1) is 18.9 Å². The van der Waals surface area contributed by atoms with Crippen LogP contribution < -0.4 is 20.4 Å². The second kappa shape index (κ2) is 11.6. The molecule has 5 rings (SSSR count). The van der Waals surface area contributed by atoms with Crippen LogP contribution in [0.3, 0.4) is 0 Å². The van der Waals surface area contributed by atoms with Crippen molar-refractivity contribution in [1.29, 1.82) is 0 Å². The normalized spacial score (nSPS) is 15.7. The van der Waals surface area contributed by atoms with E-state index in [1.165, 1.54) is 13.0 Å². The Morgan fingerprint density at radius 2 is 1.62 bits per heavy atom. The van der Waals surface area contributed by atoms with Gasteiger partial charge in [-0.25, -0.2) is 14.2 Å². The number of ether oxygens (including phenoxy) is 1. The Balaban J connectivity index is 1.19. The number of hydrogen-bond acceptors (Lipinski definition) is 8. The Kier molecular flexibility index (Phi) is 7.87. The lowest BCUT2D eigenvalue weighted by molar-refractivity contribution is 0.101. The first-order valence-electron chi connectivity index (χ1n) is 13.0. The number of halogens is 1. The zero-order chi connectivity index (χ0) is 27.4. The minimum atomic E-state index is -0.307. The van der Waals surface area contributed by atoms with Crippen molar-refractivity contribution in [3.63, 3.8) is 0 Å². The molecule has 0 aliphatic carbocycles. The number of carbonyl (C=O) groups is 2. The number of nitrogens with one attached hydrogen (secondary N) is 2. The summed E-state index contributed by atoms with van der Waals surface area (Å²) >= 11 is 0. The third-order valence-electron chi connectivity index (χ3n) is 6.91. The first kappa shape index (κ1) is 26.4. The number of anilines is 5. The maximum absolute atomic E-state index is 14.8. The number of carbonyl (C=O) groups excluding carboxylic acids is 2. The molecule has 39 heavy (non-hydrogen) atoms. The number of morpholine rings is 1. The number of urea groups is 1. The molecule has 2 N–H and O–H groups in total. The number of aryl methyl sites for hydroxylation is 1. The first-order chi connectivity index (χ1) is 18.9. The molecule has 3 heterocycles. The fourth-order valence-corrected chi connectivity index (χ4v) is 4.70. The molecule has 2 aliphatic rings. The number of benzene rings is 2. The second-order valence-electron chi connectivity index (χ2n) is 9.63. The Hall–Kier alpha value is -4.25. The Bertz CT molecular complexity index is 1340. The lowest BCUT2D eigenvalue weighted by Crippen LogP contribution is -2.50. The van der Waals surface area contributed by atoms with Gasteiger partial charge < -0.3 is 30.1 Å². The van der Waals surface area contributed by atoms with Crippen molar-refractivity contribution in [2.45, 2.75) is 13.8 Å². The van der Waals surface area contributed by atoms with E-state index in [2.05, 4.69) is 20.5 Å². The monoisotopic (exact) mass is 533 g/mol. The van der Waals surface area contributed by atoms with Crippen LogP contribution in [0.25, 0.3) is 0 Å². The number of Topliss-reactive ketones (excluding diaryl/α,β-unsaturated/α-hetero) is 1. The molecule has 2 fully saturated rings. The third kappa shape index (κ3) is 6.26. The summed E-state index contributed by atoms with van der Waals surface area (Å²) in [5.74, 6) is 0.829. The highest BCUT2D eigenvalue weighted by Gasteiger charge is 2.24. The van der Waals surface area contributed by atoms with Gasteiger partial charge in [-0.2, -0.15) is 4.98 Å². The van der Waals surface area contributed by atoms with Gasteiger partial charge in [0, 0.05) is 68.0 Å². The van der Waals surface area contributed by atoms with E-state index in [0.29, 0.717) is 81.1 Å². The van der Waals surface area contributed by atoms with Crippen molar-refractivity contribution in [3.8, 4) is 0 Å². The predicted molar refractivity (Wildman–Crippen MR) is 149 cm³/mol. The minimum absolute atomic E-state index is 0.0174. The molecule has 2 amide bonds. The zero-order valence-electron chi connectivity index (χ0n) is 22.1. The van der Waals surface area contributed by atoms with Crippen molar-refractivity contribution in [1.82, 2.24) is 14.9 Å². The van der Waals surface area contributed by atoms with E-state index in [-0.39, 0.29) is 17.6 Å². The van der Waals surface area contributed by atoms with E-state index in [9.17, 15) is 14.0 Å². The van der Waals surface area contributed by atoms with Crippen LogP contribution in [0.15, 0.2) is 48.7 Å². The van der Waals surface area contributed by atoms with E-state index >= 15 is 0 Å². The Morgan fingerprint density at radius 3 is 2.28 bits per heavy atom. The number of nitrogens with zero attached hydrogens (tertiary/aromatic N) is 5. The third-order valence-corrected chi connectivity index (χ3v) is 6.91. The average molecular weight is 534 g/mol. The fourth-order valence-electron chi connectivity index (χ4n) is 4.70. The smallest absolute Gasteiger partial charge is 0.321 e. The Labute approximate surface area is 226 Å². The van der Waals surface area contributed by atoms with Gasteiger partial charge in [-0.1, -0.05) is 0 Å². The van der Waals surface area contributed by atoms with Gasteiger partial charge in [0.1, 0.15) is 11.6 Å². The maximum Gasteiger partial charge on any atom is 0.321 e. The molecule has 0 spiro atoms. The number of aromatic nitrogens is 2. The van der Waals surface area contributed by atoms with Crippen LogP contribution in [0.1, 0.15) is 22.8 Å². The molecule has 0 saturated carbocycles. The van der Waals surface area contributed by atoms with Crippen LogP contribution >= 0.6 is 0 Å². The highest BCUT2D eigenvalue weighted by Crippen LogP contribution is 2.26. The molecule has 3 aromatic rings. The quantitative estimate of drug-likeness (QED) is 0.458. The highest BCUT2D eigenvalue weighted by molar-refractivity contribution is 5.95.